The topological polar surface area (TPSA) is 77.2 Å². The number of nitrogens with one attached hydrogen (secondary N) is 1. The van der Waals surface area contributed by atoms with Crippen LogP contribution >= 0.6 is 0 Å². The minimum absolute atomic E-state index is 0.0816. The van der Waals surface area contributed by atoms with Gasteiger partial charge in [-0.1, -0.05) is 31.8 Å². The van der Waals surface area contributed by atoms with E-state index in [4.69, 9.17) is 9.26 Å². The Hall–Kier alpha value is -1.43. The quantitative estimate of drug-likeness (QED) is 0.873. The van der Waals surface area contributed by atoms with Gasteiger partial charge in [-0.05, 0) is 12.3 Å². The number of carbonyl (C=O) groups is 1. The second kappa shape index (κ2) is 6.36. The van der Waals surface area contributed by atoms with E-state index in [0.29, 0.717) is 44.2 Å². The molecule has 2 heterocycles. The van der Waals surface area contributed by atoms with Crippen LogP contribution in [0.5, 0.6) is 0 Å². The van der Waals surface area contributed by atoms with E-state index in [1.54, 1.807) is 0 Å². The minimum atomic E-state index is -0.557. The maximum Gasteiger partial charge on any atom is 0.252 e. The molecule has 0 radical (unpaired) electrons. The monoisotopic (exact) mass is 307 g/mol. The fraction of sp³-hybridized carbons (Fsp3) is 0.812. The summed E-state index contributed by atoms with van der Waals surface area (Å²) in [7, 11) is 0. The molecule has 1 amide bonds. The van der Waals surface area contributed by atoms with E-state index in [9.17, 15) is 4.79 Å². The Balaban J connectivity index is 1.72. The number of aromatic nitrogens is 2. The average molecular weight is 307 g/mol. The van der Waals surface area contributed by atoms with Gasteiger partial charge in [0.25, 0.3) is 5.89 Å². The first-order valence-corrected chi connectivity index (χ1v) is 8.32. The number of hydrogen-bond donors (Lipinski definition) is 1. The number of carbonyl (C=O) groups excluding carboxylic acids is 1. The Morgan fingerprint density at radius 2 is 2.09 bits per heavy atom. The highest BCUT2D eigenvalue weighted by Gasteiger charge is 2.41. The van der Waals surface area contributed by atoms with Crippen molar-refractivity contribution in [1.82, 2.24) is 15.5 Å². The van der Waals surface area contributed by atoms with Crippen molar-refractivity contribution in [3.8, 4) is 0 Å². The summed E-state index contributed by atoms with van der Waals surface area (Å²) in [6.45, 7) is 5.25. The van der Waals surface area contributed by atoms with Crippen LogP contribution in [-0.2, 0) is 15.1 Å². The largest absolute Gasteiger partial charge is 0.381 e. The van der Waals surface area contributed by atoms with Crippen LogP contribution in [0, 0.1) is 5.92 Å². The molecule has 6 nitrogen and oxygen atoms in total. The lowest BCUT2D eigenvalue weighted by Crippen LogP contribution is -2.49. The molecule has 0 aromatic carbocycles. The van der Waals surface area contributed by atoms with E-state index in [1.807, 2.05) is 13.8 Å². The number of amides is 1. The molecule has 1 N–H and O–H groups in total. The van der Waals surface area contributed by atoms with Gasteiger partial charge in [0.2, 0.25) is 5.91 Å². The van der Waals surface area contributed by atoms with Crippen molar-refractivity contribution < 1.29 is 14.1 Å². The molecule has 22 heavy (non-hydrogen) atoms. The number of rotatable bonds is 6. The lowest BCUT2D eigenvalue weighted by Gasteiger charge is -2.34. The third-order valence-electron chi connectivity index (χ3n) is 4.57. The lowest BCUT2D eigenvalue weighted by atomic mass is 9.89. The highest BCUT2D eigenvalue weighted by atomic mass is 16.5. The van der Waals surface area contributed by atoms with Crippen LogP contribution in [0.2, 0.25) is 0 Å². The molecule has 6 heteroatoms. The van der Waals surface area contributed by atoms with Crippen LogP contribution in [0.15, 0.2) is 4.52 Å². The fourth-order valence-electron chi connectivity index (χ4n) is 2.85. The first kappa shape index (κ1) is 15.5. The van der Waals surface area contributed by atoms with Gasteiger partial charge in [0.1, 0.15) is 5.54 Å². The Kier molecular flexibility index (Phi) is 4.47. The van der Waals surface area contributed by atoms with Crippen molar-refractivity contribution in [2.75, 3.05) is 13.2 Å². The van der Waals surface area contributed by atoms with Gasteiger partial charge < -0.3 is 14.6 Å². The van der Waals surface area contributed by atoms with Crippen LogP contribution < -0.4 is 5.32 Å². The maximum absolute atomic E-state index is 12.3. The standard InChI is InChI=1S/C16H25N3O3/c1-11(2)14-17-15(22-19-14)16(7-9-21-10-8-16)18-13(20)6-5-12-3-4-12/h11-12H,3-10H2,1-2H3,(H,18,20). The summed E-state index contributed by atoms with van der Waals surface area (Å²) in [5, 5.41) is 7.22. The van der Waals surface area contributed by atoms with Gasteiger partial charge in [0.05, 0.1) is 0 Å². The van der Waals surface area contributed by atoms with Crippen molar-refractivity contribution in [2.45, 2.75) is 63.8 Å². The van der Waals surface area contributed by atoms with Crippen molar-refractivity contribution >= 4 is 5.91 Å². The smallest absolute Gasteiger partial charge is 0.252 e. The third kappa shape index (κ3) is 3.48. The Bertz CT molecular complexity index is 516. The summed E-state index contributed by atoms with van der Waals surface area (Å²) in [5.74, 6) is 2.26. The molecule has 2 aliphatic rings. The number of ether oxygens (including phenoxy) is 1. The maximum atomic E-state index is 12.3. The second-order valence-corrected chi connectivity index (χ2v) is 6.84. The van der Waals surface area contributed by atoms with Crippen LogP contribution in [0.4, 0.5) is 0 Å². The summed E-state index contributed by atoms with van der Waals surface area (Å²) in [6.07, 6.45) is 5.48. The van der Waals surface area contributed by atoms with Gasteiger partial charge >= 0.3 is 0 Å². The molecule has 1 aliphatic heterocycles. The molecule has 0 spiro atoms. The van der Waals surface area contributed by atoms with E-state index >= 15 is 0 Å². The second-order valence-electron chi connectivity index (χ2n) is 6.84. The van der Waals surface area contributed by atoms with E-state index in [2.05, 4.69) is 15.5 Å². The normalized spacial score (nSPS) is 21.0. The van der Waals surface area contributed by atoms with Crippen LogP contribution in [0.25, 0.3) is 0 Å². The molecule has 1 aliphatic carbocycles. The SMILES string of the molecule is CC(C)c1noc(C2(NC(=O)CCC3CC3)CCOCC2)n1. The highest BCUT2D eigenvalue weighted by Crippen LogP contribution is 2.35. The molecule has 1 saturated carbocycles. The Morgan fingerprint density at radius 1 is 1.36 bits per heavy atom. The highest BCUT2D eigenvalue weighted by molar-refractivity contribution is 5.76. The molecular formula is C16H25N3O3. The summed E-state index contributed by atoms with van der Waals surface area (Å²) < 4.78 is 10.9. The van der Waals surface area contributed by atoms with Gasteiger partial charge in [-0.2, -0.15) is 4.98 Å². The lowest BCUT2D eigenvalue weighted by molar-refractivity contribution is -0.125. The van der Waals surface area contributed by atoms with Crippen LogP contribution in [0.3, 0.4) is 0 Å². The zero-order chi connectivity index (χ0) is 15.6. The van der Waals surface area contributed by atoms with Gasteiger partial charge in [0, 0.05) is 38.4 Å². The van der Waals surface area contributed by atoms with Crippen LogP contribution in [0.1, 0.15) is 70.0 Å². The molecule has 3 rings (SSSR count). The molecule has 0 unspecified atom stereocenters. The van der Waals surface area contributed by atoms with E-state index in [1.165, 1.54) is 12.8 Å². The van der Waals surface area contributed by atoms with Crippen molar-refractivity contribution in [2.24, 2.45) is 5.92 Å². The number of nitrogens with zero attached hydrogens (tertiary/aromatic N) is 2. The van der Waals surface area contributed by atoms with E-state index in [0.717, 1.165) is 12.3 Å². The first-order valence-electron chi connectivity index (χ1n) is 8.32. The van der Waals surface area contributed by atoms with Gasteiger partial charge in [0.15, 0.2) is 5.82 Å². The molecule has 122 valence electrons. The molecule has 0 atom stereocenters. The third-order valence-corrected chi connectivity index (χ3v) is 4.57. The van der Waals surface area contributed by atoms with E-state index in [-0.39, 0.29) is 11.8 Å². The minimum Gasteiger partial charge on any atom is -0.381 e. The Labute approximate surface area is 131 Å². The molecule has 1 saturated heterocycles. The van der Waals surface area contributed by atoms with Crippen LogP contribution in [-0.4, -0.2) is 29.3 Å². The number of hydrogen-bond acceptors (Lipinski definition) is 5. The summed E-state index contributed by atoms with van der Waals surface area (Å²) >= 11 is 0. The first-order chi connectivity index (χ1) is 10.6. The van der Waals surface area contributed by atoms with Gasteiger partial charge in [-0.25, -0.2) is 0 Å². The fourth-order valence-corrected chi connectivity index (χ4v) is 2.85. The average Bonchev–Trinajstić information content (AvgIpc) is 3.19. The molecule has 2 fully saturated rings. The molecule has 0 bridgehead atoms. The zero-order valence-corrected chi connectivity index (χ0v) is 13.4. The van der Waals surface area contributed by atoms with Crippen molar-refractivity contribution in [1.29, 1.82) is 0 Å². The predicted molar refractivity (Wildman–Crippen MR) is 80.2 cm³/mol. The predicted octanol–water partition coefficient (Wildman–Crippen LogP) is 2.51. The zero-order valence-electron chi connectivity index (χ0n) is 13.4. The van der Waals surface area contributed by atoms with Gasteiger partial charge in [-0.15, -0.1) is 0 Å². The summed E-state index contributed by atoms with van der Waals surface area (Å²) in [5.41, 5.74) is -0.557. The molecular weight excluding hydrogens is 282 g/mol. The van der Waals surface area contributed by atoms with Crippen molar-refractivity contribution in [3.63, 3.8) is 0 Å². The summed E-state index contributed by atoms with van der Waals surface area (Å²) in [4.78, 5) is 16.8. The van der Waals surface area contributed by atoms with Crippen molar-refractivity contribution in [3.05, 3.63) is 11.7 Å². The Morgan fingerprint density at radius 3 is 2.68 bits per heavy atom. The molecule has 1 aromatic rings. The van der Waals surface area contributed by atoms with Gasteiger partial charge in [-0.3, -0.25) is 4.79 Å². The van der Waals surface area contributed by atoms with E-state index < -0.39 is 5.54 Å². The molecule has 1 aromatic heterocycles. The summed E-state index contributed by atoms with van der Waals surface area (Å²) in [6, 6.07) is 0.